The number of carboxylic acids is 1. The second-order valence-electron chi connectivity index (χ2n) is 8.90. The van der Waals surface area contributed by atoms with Gasteiger partial charge in [-0.2, -0.15) is 0 Å². The van der Waals surface area contributed by atoms with Gasteiger partial charge in [-0.25, -0.2) is 0 Å². The summed E-state index contributed by atoms with van der Waals surface area (Å²) in [6.45, 7) is 5.99. The fourth-order valence-electron chi connectivity index (χ4n) is 3.51. The highest BCUT2D eigenvalue weighted by atomic mass is 16.4. The Hall–Kier alpha value is -1.10. The second-order valence-corrected chi connectivity index (χ2v) is 8.90. The van der Waals surface area contributed by atoms with E-state index in [1.165, 1.54) is 89.9 Å². The maximum atomic E-state index is 11.9. The molecule has 0 bridgehead atoms. The molecule has 0 heterocycles. The van der Waals surface area contributed by atoms with Crippen molar-refractivity contribution in [2.45, 2.75) is 143 Å². The van der Waals surface area contributed by atoms with Crippen molar-refractivity contribution in [1.82, 2.24) is 10.2 Å². The molecule has 2 N–H and O–H groups in total. The number of nitrogens with zero attached hydrogens (tertiary/aromatic N) is 1. The first-order valence-electron chi connectivity index (χ1n) is 13.1. The fourth-order valence-corrected chi connectivity index (χ4v) is 3.51. The van der Waals surface area contributed by atoms with Gasteiger partial charge in [0.05, 0.1) is 6.17 Å². The summed E-state index contributed by atoms with van der Waals surface area (Å²) in [4.78, 5) is 23.4. The summed E-state index contributed by atoms with van der Waals surface area (Å²) in [6.07, 6.45) is 22.5. The van der Waals surface area contributed by atoms with Crippen molar-refractivity contribution < 1.29 is 14.7 Å². The number of rotatable bonds is 20. The largest absolute Gasteiger partial charge is 0.481 e. The number of aliphatic carboxylic acids is 1. The molecule has 31 heavy (non-hydrogen) atoms. The van der Waals surface area contributed by atoms with Crippen molar-refractivity contribution in [2.24, 2.45) is 0 Å². The molecular formula is C26H54N2O3. The van der Waals surface area contributed by atoms with Crippen molar-refractivity contribution >= 4 is 11.9 Å². The molecule has 0 fully saturated rings. The Balaban J connectivity index is 0. The van der Waals surface area contributed by atoms with Gasteiger partial charge in [-0.1, -0.05) is 111 Å². The first-order valence-corrected chi connectivity index (χ1v) is 13.1. The van der Waals surface area contributed by atoms with Crippen LogP contribution in [0.15, 0.2) is 0 Å². The molecule has 0 saturated heterocycles. The maximum absolute atomic E-state index is 11.9. The molecule has 5 nitrogen and oxygen atoms in total. The van der Waals surface area contributed by atoms with E-state index in [4.69, 9.17) is 5.11 Å². The van der Waals surface area contributed by atoms with Crippen LogP contribution in [0, 0.1) is 0 Å². The summed E-state index contributed by atoms with van der Waals surface area (Å²) in [5.74, 6) is -0.537. The second kappa shape index (κ2) is 25.2. The highest BCUT2D eigenvalue weighted by Crippen LogP contribution is 2.13. The summed E-state index contributed by atoms with van der Waals surface area (Å²) in [5.41, 5.74) is 0. The lowest BCUT2D eigenvalue weighted by Gasteiger charge is -2.23. The van der Waals surface area contributed by atoms with Gasteiger partial charge in [0, 0.05) is 12.8 Å². The van der Waals surface area contributed by atoms with Crippen LogP contribution in [0.5, 0.6) is 0 Å². The molecular weight excluding hydrogens is 388 g/mol. The lowest BCUT2D eigenvalue weighted by molar-refractivity contribution is -0.136. The summed E-state index contributed by atoms with van der Waals surface area (Å²) >= 11 is 0. The van der Waals surface area contributed by atoms with Crippen molar-refractivity contribution in [3.05, 3.63) is 0 Å². The molecule has 0 aliphatic carbocycles. The van der Waals surface area contributed by atoms with Crippen molar-refractivity contribution in [1.29, 1.82) is 0 Å². The minimum atomic E-state index is -0.745. The molecule has 5 heteroatoms. The molecule has 186 valence electrons. The van der Waals surface area contributed by atoms with Crippen molar-refractivity contribution in [3.63, 3.8) is 0 Å². The molecule has 0 aliphatic heterocycles. The lowest BCUT2D eigenvalue weighted by atomic mass is 10.0. The van der Waals surface area contributed by atoms with E-state index in [2.05, 4.69) is 24.1 Å². The van der Waals surface area contributed by atoms with Gasteiger partial charge in [-0.05, 0) is 26.9 Å². The van der Waals surface area contributed by atoms with Gasteiger partial charge in [-0.3, -0.25) is 14.5 Å². The van der Waals surface area contributed by atoms with Gasteiger partial charge in [0.2, 0.25) is 5.91 Å². The van der Waals surface area contributed by atoms with Gasteiger partial charge < -0.3 is 10.4 Å². The smallest absolute Gasteiger partial charge is 0.303 e. The van der Waals surface area contributed by atoms with E-state index in [1.54, 1.807) is 6.92 Å². The average Bonchev–Trinajstić information content (AvgIpc) is 2.74. The molecule has 0 aromatic heterocycles. The van der Waals surface area contributed by atoms with E-state index in [0.717, 1.165) is 12.8 Å². The van der Waals surface area contributed by atoms with E-state index in [1.807, 2.05) is 14.1 Å². The first-order chi connectivity index (χ1) is 14.9. The quantitative estimate of drug-likeness (QED) is 0.155. The Bertz CT molecular complexity index is 400. The van der Waals surface area contributed by atoms with Gasteiger partial charge in [0.15, 0.2) is 0 Å². The Labute approximate surface area is 193 Å². The number of carbonyl (C=O) groups excluding carboxylic acids is 1. The minimum absolute atomic E-state index is 0.179. The summed E-state index contributed by atoms with van der Waals surface area (Å²) in [5, 5.41) is 10.8. The number of carbonyl (C=O) groups is 2. The molecule has 1 atom stereocenters. The monoisotopic (exact) mass is 442 g/mol. The van der Waals surface area contributed by atoms with Crippen LogP contribution in [0.25, 0.3) is 0 Å². The SMILES string of the molecule is CCC(=O)O.CCCCCCCCCCCCCCCCCC(=O)NC(CC)N(C)C. The minimum Gasteiger partial charge on any atom is -0.481 e. The zero-order valence-corrected chi connectivity index (χ0v) is 21.5. The highest BCUT2D eigenvalue weighted by Gasteiger charge is 2.11. The third kappa shape index (κ3) is 26.9. The zero-order chi connectivity index (χ0) is 23.7. The highest BCUT2D eigenvalue weighted by molar-refractivity contribution is 5.76. The molecule has 0 aromatic carbocycles. The van der Waals surface area contributed by atoms with E-state index < -0.39 is 5.97 Å². The van der Waals surface area contributed by atoms with Gasteiger partial charge in [0.1, 0.15) is 0 Å². The van der Waals surface area contributed by atoms with Crippen LogP contribution in [0.2, 0.25) is 0 Å². The normalized spacial score (nSPS) is 11.7. The number of amides is 1. The zero-order valence-electron chi connectivity index (χ0n) is 21.5. The Morgan fingerprint density at radius 1 is 0.710 bits per heavy atom. The molecule has 0 saturated carbocycles. The van der Waals surface area contributed by atoms with Crippen LogP contribution in [0.4, 0.5) is 0 Å². The van der Waals surface area contributed by atoms with Crippen LogP contribution in [0.3, 0.4) is 0 Å². The van der Waals surface area contributed by atoms with Gasteiger partial charge in [0.25, 0.3) is 0 Å². The van der Waals surface area contributed by atoms with Crippen molar-refractivity contribution in [3.8, 4) is 0 Å². The Kier molecular flexibility index (Phi) is 26.0. The number of hydrogen-bond acceptors (Lipinski definition) is 3. The third-order valence-corrected chi connectivity index (χ3v) is 5.65. The summed E-state index contributed by atoms with van der Waals surface area (Å²) in [7, 11) is 4.03. The van der Waals surface area contributed by atoms with Crippen LogP contribution >= 0.6 is 0 Å². The number of nitrogens with one attached hydrogen (secondary N) is 1. The molecule has 0 aliphatic rings. The Morgan fingerprint density at radius 2 is 1.06 bits per heavy atom. The van der Waals surface area contributed by atoms with Crippen LogP contribution in [-0.2, 0) is 9.59 Å². The third-order valence-electron chi connectivity index (χ3n) is 5.65. The number of hydrogen-bond donors (Lipinski definition) is 2. The van der Waals surface area contributed by atoms with Crippen LogP contribution in [-0.4, -0.2) is 42.1 Å². The van der Waals surface area contributed by atoms with Gasteiger partial charge in [-0.15, -0.1) is 0 Å². The maximum Gasteiger partial charge on any atom is 0.303 e. The topological polar surface area (TPSA) is 69.6 Å². The molecule has 1 amide bonds. The van der Waals surface area contributed by atoms with Gasteiger partial charge >= 0.3 is 5.97 Å². The van der Waals surface area contributed by atoms with Crippen LogP contribution < -0.4 is 5.32 Å². The molecule has 0 spiro atoms. The Morgan fingerprint density at radius 3 is 1.35 bits per heavy atom. The molecule has 1 unspecified atom stereocenters. The van der Waals surface area contributed by atoms with Crippen LogP contribution in [0.1, 0.15) is 136 Å². The van der Waals surface area contributed by atoms with E-state index in [0.29, 0.717) is 6.42 Å². The predicted octanol–water partition coefficient (Wildman–Crippen LogP) is 7.14. The summed E-state index contributed by atoms with van der Waals surface area (Å²) in [6, 6.07) is 0. The molecule has 0 rings (SSSR count). The fraction of sp³-hybridized carbons (Fsp3) is 0.923. The summed E-state index contributed by atoms with van der Waals surface area (Å²) < 4.78 is 0. The molecule has 0 radical (unpaired) electrons. The average molecular weight is 443 g/mol. The van der Waals surface area contributed by atoms with E-state index >= 15 is 0 Å². The van der Waals surface area contributed by atoms with E-state index in [9.17, 15) is 9.59 Å². The molecule has 0 aromatic rings. The number of unbranched alkanes of at least 4 members (excludes halogenated alkanes) is 14. The lowest BCUT2D eigenvalue weighted by Crippen LogP contribution is -2.44. The van der Waals surface area contributed by atoms with E-state index in [-0.39, 0.29) is 18.5 Å². The first kappa shape index (κ1) is 32.1. The number of carboxylic acid groups (broad SMARTS) is 1. The predicted molar refractivity (Wildman–Crippen MR) is 133 cm³/mol. The standard InChI is InChI=1S/C23H48N2O.C3H6O2/c1-5-7-8-9-10-11-12-13-14-15-16-17-18-19-20-21-23(26)24-22(6-2)25(3)4;1-2-3(4)5/h22H,5-21H2,1-4H3,(H,24,26);2H2,1H3,(H,4,5). The van der Waals surface area contributed by atoms with Crippen molar-refractivity contribution in [2.75, 3.05) is 14.1 Å².